The number of anilines is 1. The maximum atomic E-state index is 13.9. The third-order valence-electron chi connectivity index (χ3n) is 5.98. The van der Waals surface area contributed by atoms with E-state index in [-0.39, 0.29) is 23.4 Å². The second-order valence-corrected chi connectivity index (χ2v) is 13.1. The molecule has 3 rings (SSSR count). The second kappa shape index (κ2) is 14.1. The molecule has 40 heavy (non-hydrogen) atoms. The number of nitrogens with zero attached hydrogens (tertiary/aromatic N) is 2. The van der Waals surface area contributed by atoms with Gasteiger partial charge in [-0.1, -0.05) is 44.0 Å². The minimum Gasteiger partial charge on any atom is -0.494 e. The Morgan fingerprint density at radius 3 is 1.95 bits per heavy atom. The summed E-state index contributed by atoms with van der Waals surface area (Å²) in [5, 5.41) is 2.85. The van der Waals surface area contributed by atoms with E-state index in [0.29, 0.717) is 18.0 Å². The third kappa shape index (κ3) is 8.31. The molecule has 0 unspecified atom stereocenters. The molecule has 1 atom stereocenters. The second-order valence-electron chi connectivity index (χ2n) is 9.38. The van der Waals surface area contributed by atoms with E-state index in [1.807, 2.05) is 45.0 Å². The summed E-state index contributed by atoms with van der Waals surface area (Å²) in [5.74, 6) is -0.276. The van der Waals surface area contributed by atoms with Crippen molar-refractivity contribution >= 4 is 59.4 Å². The van der Waals surface area contributed by atoms with Gasteiger partial charge in [-0.05, 0) is 93.9 Å². The van der Waals surface area contributed by atoms with Crippen molar-refractivity contribution in [1.29, 1.82) is 0 Å². The SMILES string of the molecule is CCOc1ccc(N(CC(=O)N(Cc2ccc(Br)cc2)[C@H](C)C(=O)NC(C)C)S(=O)(=O)c2ccc(Br)cc2)cc1. The predicted molar refractivity (Wildman–Crippen MR) is 164 cm³/mol. The van der Waals surface area contributed by atoms with Crippen LogP contribution in [0.5, 0.6) is 5.75 Å². The van der Waals surface area contributed by atoms with Crippen LogP contribution in [0.1, 0.15) is 33.3 Å². The monoisotopic (exact) mass is 693 g/mol. The molecule has 3 aromatic carbocycles. The molecule has 0 saturated carbocycles. The molecule has 0 aromatic heterocycles. The number of rotatable bonds is 12. The number of benzene rings is 3. The highest BCUT2D eigenvalue weighted by atomic mass is 79.9. The van der Waals surface area contributed by atoms with E-state index in [9.17, 15) is 18.0 Å². The quantitative estimate of drug-likeness (QED) is 0.261. The molecule has 0 spiro atoms. The maximum Gasteiger partial charge on any atom is 0.264 e. The van der Waals surface area contributed by atoms with Crippen LogP contribution in [0.3, 0.4) is 0 Å². The zero-order valence-electron chi connectivity index (χ0n) is 22.8. The lowest BCUT2D eigenvalue weighted by Gasteiger charge is -2.32. The van der Waals surface area contributed by atoms with Gasteiger partial charge in [0.1, 0.15) is 18.3 Å². The fourth-order valence-corrected chi connectivity index (χ4v) is 5.85. The molecular formula is C29H33Br2N3O5S. The Morgan fingerprint density at radius 2 is 1.43 bits per heavy atom. The van der Waals surface area contributed by atoms with Gasteiger partial charge < -0.3 is 15.0 Å². The van der Waals surface area contributed by atoms with Crippen LogP contribution in [-0.4, -0.2) is 50.4 Å². The molecule has 0 aliphatic heterocycles. The maximum absolute atomic E-state index is 13.9. The van der Waals surface area contributed by atoms with Crippen molar-refractivity contribution in [1.82, 2.24) is 10.2 Å². The first-order valence-corrected chi connectivity index (χ1v) is 15.8. The lowest BCUT2D eigenvalue weighted by Crippen LogP contribution is -2.52. The number of sulfonamides is 1. The highest BCUT2D eigenvalue weighted by Crippen LogP contribution is 2.27. The first-order valence-electron chi connectivity index (χ1n) is 12.8. The average molecular weight is 695 g/mol. The molecule has 0 saturated heterocycles. The highest BCUT2D eigenvalue weighted by molar-refractivity contribution is 9.10. The summed E-state index contributed by atoms with van der Waals surface area (Å²) >= 11 is 6.75. The fourth-order valence-electron chi connectivity index (χ4n) is 3.91. The lowest BCUT2D eigenvalue weighted by atomic mass is 10.1. The molecule has 2 amide bonds. The molecule has 0 aliphatic carbocycles. The van der Waals surface area contributed by atoms with Gasteiger partial charge >= 0.3 is 0 Å². The standard InChI is InChI=1S/C29H33Br2N3O5S/c1-5-39-26-14-12-25(13-15-26)34(40(37,38)27-16-10-24(31)11-17-27)19-28(35)33(21(4)29(36)32-20(2)3)18-22-6-8-23(30)9-7-22/h6-17,20-21H,5,18-19H2,1-4H3,(H,32,36)/t21-/m1/s1. The van der Waals surface area contributed by atoms with Crippen LogP contribution in [0.15, 0.2) is 86.6 Å². The van der Waals surface area contributed by atoms with Gasteiger partial charge in [0.05, 0.1) is 17.2 Å². The fraction of sp³-hybridized carbons (Fsp3) is 0.310. The van der Waals surface area contributed by atoms with E-state index in [0.717, 1.165) is 18.8 Å². The molecule has 0 bridgehead atoms. The Labute approximate surface area is 253 Å². The van der Waals surface area contributed by atoms with Crippen LogP contribution < -0.4 is 14.4 Å². The predicted octanol–water partition coefficient (Wildman–Crippen LogP) is 5.75. The third-order valence-corrected chi connectivity index (χ3v) is 8.83. The van der Waals surface area contributed by atoms with Crippen LogP contribution in [0, 0.1) is 0 Å². The topological polar surface area (TPSA) is 96.0 Å². The largest absolute Gasteiger partial charge is 0.494 e. The number of hydrogen-bond donors (Lipinski definition) is 1. The molecule has 11 heteroatoms. The average Bonchev–Trinajstić information content (AvgIpc) is 2.91. The van der Waals surface area contributed by atoms with Gasteiger partial charge in [-0.15, -0.1) is 0 Å². The Morgan fingerprint density at radius 1 is 0.875 bits per heavy atom. The number of hydrogen-bond acceptors (Lipinski definition) is 5. The van der Waals surface area contributed by atoms with E-state index in [2.05, 4.69) is 37.2 Å². The van der Waals surface area contributed by atoms with E-state index in [1.165, 1.54) is 17.0 Å². The van der Waals surface area contributed by atoms with Gasteiger partial charge in [0, 0.05) is 21.5 Å². The summed E-state index contributed by atoms with van der Waals surface area (Å²) < 4.78 is 35.9. The Kier molecular flexibility index (Phi) is 11.2. The van der Waals surface area contributed by atoms with E-state index in [1.54, 1.807) is 43.3 Å². The van der Waals surface area contributed by atoms with Crippen molar-refractivity contribution in [2.75, 3.05) is 17.5 Å². The van der Waals surface area contributed by atoms with Crippen molar-refractivity contribution in [2.24, 2.45) is 0 Å². The van der Waals surface area contributed by atoms with Crippen LogP contribution in [0.2, 0.25) is 0 Å². The van der Waals surface area contributed by atoms with Gasteiger partial charge in [0.2, 0.25) is 11.8 Å². The van der Waals surface area contributed by atoms with E-state index >= 15 is 0 Å². The van der Waals surface area contributed by atoms with Crippen LogP contribution in [-0.2, 0) is 26.2 Å². The van der Waals surface area contributed by atoms with Crippen molar-refractivity contribution in [3.63, 3.8) is 0 Å². The number of carbonyl (C=O) groups excluding carboxylic acids is 2. The van der Waals surface area contributed by atoms with Crippen molar-refractivity contribution in [2.45, 2.75) is 51.2 Å². The summed E-state index contributed by atoms with van der Waals surface area (Å²) in [5.41, 5.74) is 1.09. The Hall–Kier alpha value is -2.89. The summed E-state index contributed by atoms with van der Waals surface area (Å²) in [6, 6.07) is 19.1. The van der Waals surface area contributed by atoms with Gasteiger partial charge in [-0.25, -0.2) is 8.42 Å². The summed E-state index contributed by atoms with van der Waals surface area (Å²) in [7, 11) is -4.15. The summed E-state index contributed by atoms with van der Waals surface area (Å²) in [4.78, 5) is 28.3. The minimum absolute atomic E-state index is 0.0300. The smallest absolute Gasteiger partial charge is 0.264 e. The molecule has 0 aliphatic rings. The number of carbonyl (C=O) groups is 2. The molecule has 3 aromatic rings. The minimum atomic E-state index is -4.15. The van der Waals surface area contributed by atoms with Crippen LogP contribution in [0.25, 0.3) is 0 Å². The zero-order valence-corrected chi connectivity index (χ0v) is 26.8. The number of ether oxygens (including phenoxy) is 1. The van der Waals surface area contributed by atoms with E-state index in [4.69, 9.17) is 4.74 Å². The normalized spacial score (nSPS) is 12.1. The molecule has 1 N–H and O–H groups in total. The number of amides is 2. The first-order chi connectivity index (χ1) is 18.9. The number of nitrogens with one attached hydrogen (secondary N) is 1. The molecule has 0 radical (unpaired) electrons. The van der Waals surface area contributed by atoms with Crippen LogP contribution >= 0.6 is 31.9 Å². The van der Waals surface area contributed by atoms with Crippen molar-refractivity contribution < 1.29 is 22.7 Å². The highest BCUT2D eigenvalue weighted by Gasteiger charge is 2.32. The summed E-state index contributed by atoms with van der Waals surface area (Å²) in [6.45, 7) is 7.23. The first kappa shape index (κ1) is 31.6. The van der Waals surface area contributed by atoms with E-state index < -0.39 is 28.5 Å². The molecule has 8 nitrogen and oxygen atoms in total. The number of halogens is 2. The lowest BCUT2D eigenvalue weighted by molar-refractivity contribution is -0.139. The zero-order chi connectivity index (χ0) is 29.4. The van der Waals surface area contributed by atoms with Gasteiger partial charge in [-0.3, -0.25) is 13.9 Å². The van der Waals surface area contributed by atoms with Gasteiger partial charge in [-0.2, -0.15) is 0 Å². The van der Waals surface area contributed by atoms with Crippen molar-refractivity contribution in [3.05, 3.63) is 87.3 Å². The van der Waals surface area contributed by atoms with Crippen LogP contribution in [0.4, 0.5) is 5.69 Å². The Bertz CT molecular complexity index is 1400. The van der Waals surface area contributed by atoms with Gasteiger partial charge in [0.25, 0.3) is 10.0 Å². The molecule has 0 fully saturated rings. The van der Waals surface area contributed by atoms with Gasteiger partial charge in [0.15, 0.2) is 0 Å². The molecule has 214 valence electrons. The van der Waals surface area contributed by atoms with Crippen molar-refractivity contribution in [3.8, 4) is 5.75 Å². The Balaban J connectivity index is 2.02. The summed E-state index contributed by atoms with van der Waals surface area (Å²) in [6.07, 6.45) is 0. The molecular weight excluding hydrogens is 662 g/mol. The molecule has 0 heterocycles.